The predicted octanol–water partition coefficient (Wildman–Crippen LogP) is 6.74. The van der Waals surface area contributed by atoms with E-state index in [1.807, 2.05) is 24.4 Å². The molecule has 1 aliphatic rings. The van der Waals surface area contributed by atoms with Gasteiger partial charge in [0.05, 0.1) is 23.5 Å². The first kappa shape index (κ1) is 21.9. The van der Waals surface area contributed by atoms with Gasteiger partial charge in [-0.25, -0.2) is 0 Å². The fourth-order valence-electron chi connectivity index (χ4n) is 4.75. The number of pyridine rings is 1. The van der Waals surface area contributed by atoms with Gasteiger partial charge in [-0.05, 0) is 96.9 Å². The summed E-state index contributed by atoms with van der Waals surface area (Å²) in [6, 6.07) is 25.1. The molecule has 2 aromatic heterocycles. The van der Waals surface area contributed by atoms with Crippen molar-refractivity contribution in [2.75, 3.05) is 4.90 Å². The van der Waals surface area contributed by atoms with Gasteiger partial charge in [-0.3, -0.25) is 4.98 Å². The highest BCUT2D eigenvalue weighted by Crippen LogP contribution is 2.44. The summed E-state index contributed by atoms with van der Waals surface area (Å²) in [4.78, 5) is 6.92. The van der Waals surface area contributed by atoms with E-state index in [1.54, 1.807) is 0 Å². The number of thiocarbonyl (C=S) groups is 1. The number of hydrogen-bond donors (Lipinski definition) is 1. The molecular weight excluding hydrogens is 492 g/mol. The Bertz CT molecular complexity index is 1310. The van der Waals surface area contributed by atoms with Crippen molar-refractivity contribution in [1.29, 1.82) is 0 Å². The zero-order valence-electron chi connectivity index (χ0n) is 18.8. The first-order valence-corrected chi connectivity index (χ1v) is 12.2. The summed E-state index contributed by atoms with van der Waals surface area (Å²) in [5.41, 5.74) is 8.00. The molecule has 1 N–H and O–H groups in total. The number of aromatic nitrogens is 2. The Hall–Kier alpha value is -2.96. The van der Waals surface area contributed by atoms with Crippen molar-refractivity contribution >= 4 is 38.9 Å². The van der Waals surface area contributed by atoms with Crippen molar-refractivity contribution < 1.29 is 0 Å². The molecule has 2 aromatic carbocycles. The highest BCUT2D eigenvalue weighted by Gasteiger charge is 2.42. The Morgan fingerprint density at radius 3 is 2.36 bits per heavy atom. The van der Waals surface area contributed by atoms with E-state index in [1.165, 1.54) is 22.5 Å². The maximum Gasteiger partial charge on any atom is 0.174 e. The Morgan fingerprint density at radius 1 is 0.939 bits per heavy atom. The minimum absolute atomic E-state index is 0.0301. The lowest BCUT2D eigenvalue weighted by Gasteiger charge is -2.28. The predicted molar refractivity (Wildman–Crippen MR) is 142 cm³/mol. The molecule has 1 fully saturated rings. The molecule has 0 amide bonds. The Balaban J connectivity index is 1.69. The van der Waals surface area contributed by atoms with Gasteiger partial charge in [0.1, 0.15) is 0 Å². The smallest absolute Gasteiger partial charge is 0.174 e. The van der Waals surface area contributed by atoms with Crippen LogP contribution in [-0.4, -0.2) is 14.7 Å². The van der Waals surface area contributed by atoms with Crippen LogP contribution in [0, 0.1) is 20.8 Å². The number of rotatable bonds is 4. The van der Waals surface area contributed by atoms with Gasteiger partial charge < -0.3 is 14.8 Å². The van der Waals surface area contributed by atoms with Crippen LogP contribution in [0.4, 0.5) is 5.69 Å². The number of anilines is 1. The average molecular weight is 517 g/mol. The third-order valence-corrected chi connectivity index (χ3v) is 7.28. The van der Waals surface area contributed by atoms with E-state index in [9.17, 15) is 0 Å². The van der Waals surface area contributed by atoms with Crippen molar-refractivity contribution in [1.82, 2.24) is 14.9 Å². The molecule has 0 radical (unpaired) electrons. The molecule has 0 spiro atoms. The zero-order valence-corrected chi connectivity index (χ0v) is 21.2. The van der Waals surface area contributed by atoms with Gasteiger partial charge in [0.15, 0.2) is 5.11 Å². The number of hydrogen-bond acceptors (Lipinski definition) is 2. The Kier molecular flexibility index (Phi) is 5.81. The van der Waals surface area contributed by atoms with Gasteiger partial charge in [0, 0.05) is 27.7 Å². The highest BCUT2D eigenvalue weighted by molar-refractivity contribution is 9.10. The van der Waals surface area contributed by atoms with Crippen molar-refractivity contribution in [3.8, 4) is 5.69 Å². The molecular formula is C27H25BrN4S. The summed E-state index contributed by atoms with van der Waals surface area (Å²) in [5.74, 6) is 0. The molecule has 0 unspecified atom stereocenters. The quantitative estimate of drug-likeness (QED) is 0.304. The number of nitrogens with zero attached hydrogens (tertiary/aromatic N) is 3. The minimum Gasteiger partial charge on any atom is -0.351 e. The Morgan fingerprint density at radius 2 is 1.67 bits per heavy atom. The van der Waals surface area contributed by atoms with Crippen LogP contribution < -0.4 is 10.2 Å². The van der Waals surface area contributed by atoms with Crippen LogP contribution in [0.3, 0.4) is 0 Å². The van der Waals surface area contributed by atoms with E-state index in [2.05, 4.69) is 111 Å². The molecule has 0 saturated carbocycles. The van der Waals surface area contributed by atoms with Gasteiger partial charge in [0.2, 0.25) is 0 Å². The van der Waals surface area contributed by atoms with Crippen molar-refractivity contribution in [2.45, 2.75) is 32.9 Å². The second kappa shape index (κ2) is 8.76. The monoisotopic (exact) mass is 516 g/mol. The van der Waals surface area contributed by atoms with Gasteiger partial charge in [-0.15, -0.1) is 0 Å². The lowest BCUT2D eigenvalue weighted by Crippen LogP contribution is -2.29. The standard InChI is InChI=1S/C27H25BrN4S/c1-17-11-13-20(14-12-17)32-26(25(30-27(32)33)23-9-6-7-15-29-23)21-16-18(2)31(19(21)3)24-10-5-4-8-22(24)28/h4-16,25-26H,1-3H3,(H,30,33)/t25-,26+/m1/s1. The minimum atomic E-state index is -0.0619. The lowest BCUT2D eigenvalue weighted by molar-refractivity contribution is 0.565. The third kappa shape index (κ3) is 3.87. The molecule has 33 heavy (non-hydrogen) atoms. The normalized spacial score (nSPS) is 17.9. The fraction of sp³-hybridized carbons (Fsp3) is 0.185. The van der Waals surface area contributed by atoms with E-state index in [0.717, 1.165) is 21.5 Å². The summed E-state index contributed by atoms with van der Waals surface area (Å²) in [7, 11) is 0. The number of aryl methyl sites for hydroxylation is 2. The third-order valence-electron chi connectivity index (χ3n) is 6.29. The summed E-state index contributed by atoms with van der Waals surface area (Å²) < 4.78 is 3.37. The number of benzene rings is 2. The zero-order chi connectivity index (χ0) is 23.1. The van der Waals surface area contributed by atoms with Crippen molar-refractivity contribution in [2.24, 2.45) is 0 Å². The highest BCUT2D eigenvalue weighted by atomic mass is 79.9. The second-order valence-corrected chi connectivity index (χ2v) is 9.69. The van der Waals surface area contributed by atoms with E-state index >= 15 is 0 Å². The van der Waals surface area contributed by atoms with Crippen LogP contribution in [-0.2, 0) is 0 Å². The molecule has 2 atom stereocenters. The van der Waals surface area contributed by atoms with Crippen LogP contribution in [0.15, 0.2) is 83.5 Å². The molecule has 5 rings (SSSR count). The summed E-state index contributed by atoms with van der Waals surface area (Å²) >= 11 is 9.61. The molecule has 1 aliphatic heterocycles. The molecule has 1 saturated heterocycles. The molecule has 3 heterocycles. The summed E-state index contributed by atoms with van der Waals surface area (Å²) in [5, 5.41) is 4.28. The summed E-state index contributed by atoms with van der Waals surface area (Å²) in [6.07, 6.45) is 1.84. The summed E-state index contributed by atoms with van der Waals surface area (Å²) in [6.45, 7) is 6.44. The van der Waals surface area contributed by atoms with Crippen LogP contribution in [0.1, 0.15) is 40.3 Å². The second-order valence-electron chi connectivity index (χ2n) is 8.45. The van der Waals surface area contributed by atoms with Crippen molar-refractivity contribution in [3.05, 3.63) is 112 Å². The van der Waals surface area contributed by atoms with Crippen LogP contribution >= 0.6 is 28.1 Å². The maximum atomic E-state index is 5.88. The molecule has 0 aliphatic carbocycles. The molecule has 4 nitrogen and oxygen atoms in total. The molecule has 166 valence electrons. The van der Waals surface area contributed by atoms with E-state index < -0.39 is 0 Å². The van der Waals surface area contributed by atoms with E-state index in [-0.39, 0.29) is 12.1 Å². The van der Waals surface area contributed by atoms with Gasteiger partial charge in [0.25, 0.3) is 0 Å². The first-order valence-electron chi connectivity index (χ1n) is 11.0. The van der Waals surface area contributed by atoms with Crippen molar-refractivity contribution in [3.63, 3.8) is 0 Å². The van der Waals surface area contributed by atoms with Crippen LogP contribution in [0.2, 0.25) is 0 Å². The Labute approximate surface area is 208 Å². The number of nitrogens with one attached hydrogen (secondary N) is 1. The topological polar surface area (TPSA) is 33.1 Å². The van der Waals surface area contributed by atoms with Crippen LogP contribution in [0.5, 0.6) is 0 Å². The van der Waals surface area contributed by atoms with E-state index in [4.69, 9.17) is 12.2 Å². The lowest BCUT2D eigenvalue weighted by atomic mass is 9.96. The van der Waals surface area contributed by atoms with Gasteiger partial charge >= 0.3 is 0 Å². The number of halogens is 1. The largest absolute Gasteiger partial charge is 0.351 e. The average Bonchev–Trinajstić information content (AvgIpc) is 3.31. The van der Waals surface area contributed by atoms with Gasteiger partial charge in [-0.2, -0.15) is 0 Å². The SMILES string of the molecule is Cc1ccc(N2C(=S)N[C@H](c3ccccn3)[C@@H]2c2cc(C)n(-c3ccccc3Br)c2C)cc1. The maximum absolute atomic E-state index is 5.88. The van der Waals surface area contributed by atoms with Crippen LogP contribution in [0.25, 0.3) is 5.69 Å². The van der Waals surface area contributed by atoms with E-state index in [0.29, 0.717) is 5.11 Å². The van der Waals surface area contributed by atoms with Gasteiger partial charge in [-0.1, -0.05) is 35.9 Å². The fourth-order valence-corrected chi connectivity index (χ4v) is 5.55. The molecule has 0 bridgehead atoms. The first-order chi connectivity index (χ1) is 16.0. The number of para-hydroxylation sites is 1. The molecule has 4 aromatic rings. The molecule has 6 heteroatoms.